The number of anilines is 2. The van der Waals surface area contributed by atoms with Gasteiger partial charge < -0.3 is 26.0 Å². The van der Waals surface area contributed by atoms with Gasteiger partial charge in [0.25, 0.3) is 0 Å². The lowest BCUT2D eigenvalue weighted by Crippen LogP contribution is -2.27. The lowest BCUT2D eigenvalue weighted by atomic mass is 10.1. The van der Waals surface area contributed by atoms with E-state index in [0.29, 0.717) is 19.6 Å². The van der Waals surface area contributed by atoms with E-state index in [1.54, 1.807) is 9.47 Å². The molecule has 0 bridgehead atoms. The number of halogens is 1. The van der Waals surface area contributed by atoms with Crippen LogP contribution in [0.15, 0.2) is 11.0 Å². The summed E-state index contributed by atoms with van der Waals surface area (Å²) in [7, 11) is 0. The normalized spacial score (nSPS) is 20.1. The van der Waals surface area contributed by atoms with E-state index in [2.05, 4.69) is 4.98 Å². The Hall–Kier alpha value is -2.68. The van der Waals surface area contributed by atoms with Gasteiger partial charge in [-0.3, -0.25) is 4.79 Å². The minimum Gasteiger partial charge on any atom is -0.477 e. The minimum absolute atomic E-state index is 0.0526. The number of nitrogen functional groups attached to an aromatic ring is 1. The van der Waals surface area contributed by atoms with Gasteiger partial charge in [-0.15, -0.1) is 0 Å². The van der Waals surface area contributed by atoms with Crippen molar-refractivity contribution in [2.75, 3.05) is 30.3 Å². The summed E-state index contributed by atoms with van der Waals surface area (Å²) >= 11 is 0. The van der Waals surface area contributed by atoms with Crippen molar-refractivity contribution in [2.45, 2.75) is 25.3 Å². The molecule has 1 saturated heterocycles. The Bertz CT molecular complexity index is 969. The monoisotopic (exact) mass is 361 g/mol. The molecule has 0 spiro atoms. The number of rotatable bonds is 4. The van der Waals surface area contributed by atoms with Crippen LogP contribution in [0.5, 0.6) is 0 Å². The lowest BCUT2D eigenvalue weighted by molar-refractivity contribution is 0.0695. The average molecular weight is 361 g/mol. The Balaban J connectivity index is 1.97. The highest BCUT2D eigenvalue weighted by molar-refractivity contribution is 5.97. The standard InChI is InChI=1S/C17H20FN5O3/c18-12-13(20)11-14(24)10(17(25)26)7-23(9-1-2-9)15(11)21-16(12)22-4-3-8(5-19)6-22/h7-9H,1-6,19H2,(H2,20,21)(H,25,26). The summed E-state index contributed by atoms with van der Waals surface area (Å²) < 4.78 is 16.6. The van der Waals surface area contributed by atoms with Gasteiger partial charge in [0.1, 0.15) is 11.2 Å². The largest absolute Gasteiger partial charge is 0.477 e. The molecule has 4 rings (SSSR count). The van der Waals surface area contributed by atoms with Crippen LogP contribution in [0.25, 0.3) is 11.0 Å². The molecule has 0 amide bonds. The van der Waals surface area contributed by atoms with E-state index in [4.69, 9.17) is 11.5 Å². The number of aromatic carboxylic acids is 1. The molecule has 8 nitrogen and oxygen atoms in total. The molecule has 1 saturated carbocycles. The third kappa shape index (κ3) is 2.50. The first-order chi connectivity index (χ1) is 12.4. The third-order valence-electron chi connectivity index (χ3n) is 5.21. The predicted molar refractivity (Wildman–Crippen MR) is 95.0 cm³/mol. The number of nitrogens with two attached hydrogens (primary N) is 2. The van der Waals surface area contributed by atoms with Gasteiger partial charge in [-0.05, 0) is 31.7 Å². The van der Waals surface area contributed by atoms with Crippen molar-refractivity contribution in [3.8, 4) is 0 Å². The number of nitrogens with zero attached hydrogens (tertiary/aromatic N) is 3. The van der Waals surface area contributed by atoms with Crippen LogP contribution in [0.4, 0.5) is 15.9 Å². The smallest absolute Gasteiger partial charge is 0.341 e. The fourth-order valence-electron chi connectivity index (χ4n) is 3.57. The van der Waals surface area contributed by atoms with Gasteiger partial charge in [0.2, 0.25) is 5.43 Å². The molecular weight excluding hydrogens is 341 g/mol. The number of aromatic nitrogens is 2. The minimum atomic E-state index is -1.36. The van der Waals surface area contributed by atoms with Crippen LogP contribution in [0.2, 0.25) is 0 Å². The van der Waals surface area contributed by atoms with E-state index in [1.165, 1.54) is 6.20 Å². The summed E-state index contributed by atoms with van der Waals surface area (Å²) in [5.74, 6) is -1.78. The fourth-order valence-corrected chi connectivity index (χ4v) is 3.57. The zero-order valence-electron chi connectivity index (χ0n) is 14.1. The molecule has 0 radical (unpaired) electrons. The maximum absolute atomic E-state index is 14.9. The number of carbonyl (C=O) groups is 1. The van der Waals surface area contributed by atoms with Gasteiger partial charge in [-0.25, -0.2) is 14.2 Å². The van der Waals surface area contributed by atoms with Crippen molar-refractivity contribution in [3.63, 3.8) is 0 Å². The molecular formula is C17H20FN5O3. The van der Waals surface area contributed by atoms with E-state index in [1.807, 2.05) is 0 Å². The van der Waals surface area contributed by atoms with Crippen molar-refractivity contribution in [1.82, 2.24) is 9.55 Å². The number of carboxylic acids is 1. The molecule has 5 N–H and O–H groups in total. The van der Waals surface area contributed by atoms with Gasteiger partial charge in [-0.2, -0.15) is 0 Å². The molecule has 2 aromatic rings. The lowest BCUT2D eigenvalue weighted by Gasteiger charge is -2.21. The second-order valence-electron chi connectivity index (χ2n) is 7.01. The van der Waals surface area contributed by atoms with Crippen LogP contribution in [0.3, 0.4) is 0 Å². The van der Waals surface area contributed by atoms with Gasteiger partial charge in [0, 0.05) is 25.3 Å². The Morgan fingerprint density at radius 2 is 2.12 bits per heavy atom. The molecule has 1 atom stereocenters. The van der Waals surface area contributed by atoms with Crippen LogP contribution in [-0.4, -0.2) is 40.3 Å². The van der Waals surface area contributed by atoms with Gasteiger partial charge in [0.15, 0.2) is 11.6 Å². The number of carboxylic acid groups (broad SMARTS) is 1. The van der Waals surface area contributed by atoms with Crippen molar-refractivity contribution in [1.29, 1.82) is 0 Å². The summed E-state index contributed by atoms with van der Waals surface area (Å²) in [5, 5.41) is 9.15. The van der Waals surface area contributed by atoms with E-state index in [0.717, 1.165) is 19.3 Å². The molecule has 1 aliphatic heterocycles. The Kier molecular flexibility index (Phi) is 3.83. The quantitative estimate of drug-likeness (QED) is 0.739. The Labute approximate surface area is 148 Å². The first-order valence-corrected chi connectivity index (χ1v) is 8.64. The molecule has 2 aliphatic rings. The Morgan fingerprint density at radius 3 is 2.69 bits per heavy atom. The molecule has 1 unspecified atom stereocenters. The van der Waals surface area contributed by atoms with Gasteiger partial charge in [0.05, 0.1) is 11.1 Å². The highest BCUT2D eigenvalue weighted by Gasteiger charge is 2.32. The predicted octanol–water partition coefficient (Wildman–Crippen LogP) is 0.936. The zero-order chi connectivity index (χ0) is 18.6. The first-order valence-electron chi connectivity index (χ1n) is 8.64. The van der Waals surface area contributed by atoms with E-state index < -0.39 is 22.8 Å². The topological polar surface area (TPSA) is 127 Å². The second-order valence-corrected chi connectivity index (χ2v) is 7.01. The number of hydrogen-bond acceptors (Lipinski definition) is 6. The van der Waals surface area contributed by atoms with Gasteiger partial charge in [-0.1, -0.05) is 0 Å². The maximum Gasteiger partial charge on any atom is 0.341 e. The van der Waals surface area contributed by atoms with Crippen LogP contribution in [-0.2, 0) is 0 Å². The average Bonchev–Trinajstić information content (AvgIpc) is 3.34. The van der Waals surface area contributed by atoms with E-state index >= 15 is 0 Å². The molecule has 0 aromatic carbocycles. The molecule has 1 aliphatic carbocycles. The molecule has 3 heterocycles. The van der Waals surface area contributed by atoms with Crippen molar-refractivity contribution in [3.05, 3.63) is 27.8 Å². The summed E-state index contributed by atoms with van der Waals surface area (Å²) in [4.78, 5) is 30.2. The SMILES string of the molecule is NCC1CCN(c2nc3c(c(N)c2F)c(=O)c(C(=O)O)cn3C2CC2)C1. The van der Waals surface area contributed by atoms with E-state index in [9.17, 15) is 19.1 Å². The highest BCUT2D eigenvalue weighted by atomic mass is 19.1. The van der Waals surface area contributed by atoms with Crippen LogP contribution >= 0.6 is 0 Å². The van der Waals surface area contributed by atoms with E-state index in [-0.39, 0.29) is 34.5 Å². The maximum atomic E-state index is 14.9. The molecule has 26 heavy (non-hydrogen) atoms. The van der Waals surface area contributed by atoms with Crippen LogP contribution < -0.4 is 21.8 Å². The summed E-state index contributed by atoms with van der Waals surface area (Å²) in [6.45, 7) is 1.69. The second kappa shape index (κ2) is 5.94. The van der Waals surface area contributed by atoms with Crippen LogP contribution in [0.1, 0.15) is 35.7 Å². The first kappa shape index (κ1) is 16.8. The summed E-state index contributed by atoms with van der Waals surface area (Å²) in [6, 6.07) is 0.0526. The molecule has 138 valence electrons. The fraction of sp³-hybridized carbons (Fsp3) is 0.471. The molecule has 2 fully saturated rings. The Morgan fingerprint density at radius 1 is 1.38 bits per heavy atom. The summed E-state index contributed by atoms with van der Waals surface area (Å²) in [6.07, 6.45) is 3.84. The zero-order valence-corrected chi connectivity index (χ0v) is 14.1. The highest BCUT2D eigenvalue weighted by Crippen LogP contribution is 2.39. The van der Waals surface area contributed by atoms with Crippen LogP contribution in [0, 0.1) is 11.7 Å². The van der Waals surface area contributed by atoms with Gasteiger partial charge >= 0.3 is 5.97 Å². The third-order valence-corrected chi connectivity index (χ3v) is 5.21. The number of fused-ring (bicyclic) bond motifs is 1. The summed E-state index contributed by atoms with van der Waals surface area (Å²) in [5.41, 5.74) is 10.3. The van der Waals surface area contributed by atoms with Crippen molar-refractivity contribution in [2.24, 2.45) is 11.7 Å². The van der Waals surface area contributed by atoms with Crippen molar-refractivity contribution >= 4 is 28.5 Å². The number of hydrogen-bond donors (Lipinski definition) is 3. The molecule has 2 aromatic heterocycles. The molecule has 9 heteroatoms. The number of pyridine rings is 2. The van der Waals surface area contributed by atoms with Crippen molar-refractivity contribution < 1.29 is 14.3 Å².